The van der Waals surface area contributed by atoms with Crippen LogP contribution in [0.25, 0.3) is 0 Å². The lowest BCUT2D eigenvalue weighted by molar-refractivity contribution is 0.344. The second-order valence-electron chi connectivity index (χ2n) is 6.56. The van der Waals surface area contributed by atoms with Crippen LogP contribution in [-0.4, -0.2) is 20.7 Å². The lowest BCUT2D eigenvalue weighted by atomic mass is 9.88. The maximum atomic E-state index is 12.2. The van der Waals surface area contributed by atoms with Crippen molar-refractivity contribution in [3.05, 3.63) is 34.9 Å². The van der Waals surface area contributed by atoms with Crippen LogP contribution in [0.2, 0.25) is 0 Å². The van der Waals surface area contributed by atoms with Crippen molar-refractivity contribution < 1.29 is 8.42 Å². The van der Waals surface area contributed by atoms with E-state index < -0.39 is 9.84 Å². The first-order valence-corrected chi connectivity index (χ1v) is 8.93. The molecule has 0 spiro atoms. The highest BCUT2D eigenvalue weighted by atomic mass is 32.2. The van der Waals surface area contributed by atoms with E-state index in [1.165, 1.54) is 0 Å². The molecule has 3 nitrogen and oxygen atoms in total. The first-order chi connectivity index (χ1) is 9.13. The smallest absolute Gasteiger partial charge is 0.154 e. The molecule has 4 heteroatoms. The molecule has 114 valence electrons. The maximum absolute atomic E-state index is 12.2. The van der Waals surface area contributed by atoms with E-state index in [9.17, 15) is 8.42 Å². The summed E-state index contributed by atoms with van der Waals surface area (Å²) in [5.74, 6) is 0.377. The van der Waals surface area contributed by atoms with Crippen molar-refractivity contribution in [1.82, 2.24) is 0 Å². The molecule has 0 aliphatic heterocycles. The van der Waals surface area contributed by atoms with E-state index in [2.05, 4.69) is 19.9 Å². The molecular weight excluding hydrogens is 270 g/mol. The zero-order valence-corrected chi connectivity index (χ0v) is 13.9. The largest absolute Gasteiger partial charge is 0.330 e. The third kappa shape index (κ3) is 6.06. The van der Waals surface area contributed by atoms with Crippen LogP contribution in [0.15, 0.2) is 18.2 Å². The van der Waals surface area contributed by atoms with Crippen molar-refractivity contribution in [2.24, 2.45) is 11.1 Å². The van der Waals surface area contributed by atoms with Gasteiger partial charge in [0.05, 0.1) is 11.5 Å². The summed E-state index contributed by atoms with van der Waals surface area (Å²) in [6.45, 7) is 8.72. The van der Waals surface area contributed by atoms with Crippen molar-refractivity contribution in [2.45, 2.75) is 46.3 Å². The van der Waals surface area contributed by atoms with Crippen LogP contribution >= 0.6 is 0 Å². The number of benzene rings is 1. The first-order valence-electron chi connectivity index (χ1n) is 7.11. The van der Waals surface area contributed by atoms with Gasteiger partial charge in [-0.3, -0.25) is 0 Å². The van der Waals surface area contributed by atoms with Gasteiger partial charge >= 0.3 is 0 Å². The monoisotopic (exact) mass is 297 g/mol. The molecule has 0 aromatic heterocycles. The zero-order valence-electron chi connectivity index (χ0n) is 13.1. The van der Waals surface area contributed by atoms with Gasteiger partial charge in [0.25, 0.3) is 0 Å². The van der Waals surface area contributed by atoms with Gasteiger partial charge in [-0.1, -0.05) is 43.2 Å². The third-order valence-electron chi connectivity index (χ3n) is 3.53. The van der Waals surface area contributed by atoms with E-state index in [0.717, 1.165) is 23.1 Å². The van der Waals surface area contributed by atoms with Crippen LogP contribution in [0.3, 0.4) is 0 Å². The second kappa shape index (κ2) is 6.72. The molecule has 0 bridgehead atoms. The highest BCUT2D eigenvalue weighted by molar-refractivity contribution is 7.90. The minimum absolute atomic E-state index is 0.0233. The highest BCUT2D eigenvalue weighted by Crippen LogP contribution is 2.21. The van der Waals surface area contributed by atoms with E-state index in [0.29, 0.717) is 13.0 Å². The van der Waals surface area contributed by atoms with Gasteiger partial charge in [-0.25, -0.2) is 8.42 Å². The van der Waals surface area contributed by atoms with Crippen molar-refractivity contribution in [2.75, 3.05) is 12.3 Å². The molecule has 0 atom stereocenters. The molecule has 0 aliphatic rings. The Balaban J connectivity index is 2.62. The Morgan fingerprint density at radius 2 is 1.65 bits per heavy atom. The summed E-state index contributed by atoms with van der Waals surface area (Å²) in [5, 5.41) is 0. The minimum Gasteiger partial charge on any atom is -0.330 e. The quantitative estimate of drug-likeness (QED) is 0.841. The number of aryl methyl sites for hydroxylation is 2. The summed E-state index contributed by atoms with van der Waals surface area (Å²) in [4.78, 5) is 0. The summed E-state index contributed by atoms with van der Waals surface area (Å²) in [5.41, 5.74) is 8.80. The fourth-order valence-electron chi connectivity index (χ4n) is 2.35. The predicted octanol–water partition coefficient (Wildman–Crippen LogP) is 2.98. The molecule has 0 fully saturated rings. The van der Waals surface area contributed by atoms with E-state index >= 15 is 0 Å². The maximum Gasteiger partial charge on any atom is 0.154 e. The molecule has 0 saturated carbocycles. The second-order valence-corrected chi connectivity index (χ2v) is 8.74. The average Bonchev–Trinajstić information content (AvgIpc) is 2.26. The fourth-order valence-corrected chi connectivity index (χ4v) is 3.75. The van der Waals surface area contributed by atoms with E-state index in [4.69, 9.17) is 5.73 Å². The predicted molar refractivity (Wildman–Crippen MR) is 85.5 cm³/mol. The Morgan fingerprint density at radius 1 is 1.10 bits per heavy atom. The van der Waals surface area contributed by atoms with Gasteiger partial charge in [-0.15, -0.1) is 0 Å². The number of nitrogens with two attached hydrogens (primary N) is 1. The van der Waals surface area contributed by atoms with E-state index in [-0.39, 0.29) is 16.9 Å². The van der Waals surface area contributed by atoms with Crippen molar-refractivity contribution in [3.8, 4) is 0 Å². The van der Waals surface area contributed by atoms with Crippen LogP contribution in [-0.2, 0) is 15.6 Å². The molecule has 0 amide bonds. The normalized spacial score (nSPS) is 12.7. The molecular formula is C16H27NO2S. The van der Waals surface area contributed by atoms with Crippen LogP contribution in [0.4, 0.5) is 0 Å². The van der Waals surface area contributed by atoms with Gasteiger partial charge in [0.2, 0.25) is 0 Å². The van der Waals surface area contributed by atoms with E-state index in [1.54, 1.807) is 0 Å². The van der Waals surface area contributed by atoms with Gasteiger partial charge < -0.3 is 5.73 Å². The van der Waals surface area contributed by atoms with E-state index in [1.807, 2.05) is 26.0 Å². The van der Waals surface area contributed by atoms with Gasteiger partial charge in [0, 0.05) is 0 Å². The fraction of sp³-hybridized carbons (Fsp3) is 0.625. The molecule has 1 aromatic rings. The average molecular weight is 297 g/mol. The van der Waals surface area contributed by atoms with Gasteiger partial charge in [0.1, 0.15) is 0 Å². The molecule has 0 heterocycles. The van der Waals surface area contributed by atoms with Crippen LogP contribution in [0.5, 0.6) is 0 Å². The van der Waals surface area contributed by atoms with Crippen LogP contribution in [0, 0.1) is 19.3 Å². The SMILES string of the molecule is Cc1cc(C)cc(CS(=O)(=O)CCCC(C)(C)CN)c1. The number of hydrogen-bond acceptors (Lipinski definition) is 3. The topological polar surface area (TPSA) is 60.2 Å². The molecule has 1 aromatic carbocycles. The third-order valence-corrected chi connectivity index (χ3v) is 5.21. The molecule has 0 radical (unpaired) electrons. The summed E-state index contributed by atoms with van der Waals surface area (Å²) in [6, 6.07) is 5.96. The molecule has 0 aliphatic carbocycles. The van der Waals surface area contributed by atoms with Gasteiger partial charge in [-0.05, 0) is 44.2 Å². The lowest BCUT2D eigenvalue weighted by Gasteiger charge is -2.21. The van der Waals surface area contributed by atoms with Gasteiger partial charge in [-0.2, -0.15) is 0 Å². The molecule has 20 heavy (non-hydrogen) atoms. The number of rotatable bonds is 7. The van der Waals surface area contributed by atoms with Gasteiger partial charge in [0.15, 0.2) is 9.84 Å². The standard InChI is InChI=1S/C16H27NO2S/c1-13-8-14(2)10-15(9-13)11-20(18,19)7-5-6-16(3,4)12-17/h8-10H,5-7,11-12,17H2,1-4H3. The highest BCUT2D eigenvalue weighted by Gasteiger charge is 2.18. The van der Waals surface area contributed by atoms with Crippen molar-refractivity contribution >= 4 is 9.84 Å². The zero-order chi connectivity index (χ0) is 15.4. The summed E-state index contributed by atoms with van der Waals surface area (Å²) < 4.78 is 24.3. The lowest BCUT2D eigenvalue weighted by Crippen LogP contribution is -2.24. The minimum atomic E-state index is -3.04. The van der Waals surface area contributed by atoms with Crippen LogP contribution < -0.4 is 5.73 Å². The number of hydrogen-bond donors (Lipinski definition) is 1. The Bertz CT molecular complexity index is 527. The summed E-state index contributed by atoms with van der Waals surface area (Å²) in [7, 11) is -3.04. The summed E-state index contributed by atoms with van der Waals surface area (Å²) in [6.07, 6.45) is 1.52. The Hall–Kier alpha value is -0.870. The Kier molecular flexibility index (Phi) is 5.78. The molecule has 0 unspecified atom stereocenters. The Morgan fingerprint density at radius 3 is 2.15 bits per heavy atom. The Labute approximate surface area is 123 Å². The van der Waals surface area contributed by atoms with Crippen LogP contribution in [0.1, 0.15) is 43.4 Å². The molecule has 2 N–H and O–H groups in total. The first kappa shape index (κ1) is 17.2. The molecule has 1 rings (SSSR count). The van der Waals surface area contributed by atoms with Crippen molar-refractivity contribution in [1.29, 1.82) is 0 Å². The summed E-state index contributed by atoms with van der Waals surface area (Å²) >= 11 is 0. The molecule has 0 saturated heterocycles. The number of sulfone groups is 1. The van der Waals surface area contributed by atoms with Crippen molar-refractivity contribution in [3.63, 3.8) is 0 Å².